The van der Waals surface area contributed by atoms with Gasteiger partial charge in [-0.25, -0.2) is 4.79 Å². The maximum Gasteiger partial charge on any atom is 0.345 e. The molecule has 0 saturated heterocycles. The molecule has 2 aromatic carbocycles. The molecule has 0 bridgehead atoms. The minimum Gasteiger partial charge on any atom is -0.491 e. The maximum atomic E-state index is 12.4. The summed E-state index contributed by atoms with van der Waals surface area (Å²) in [6.07, 6.45) is 14.6. The summed E-state index contributed by atoms with van der Waals surface area (Å²) in [5.41, 5.74) is 8.54. The Morgan fingerprint density at radius 1 is 1.20 bits per heavy atom. The second kappa shape index (κ2) is 16.7. The summed E-state index contributed by atoms with van der Waals surface area (Å²) in [6.45, 7) is 4.54. The first-order chi connectivity index (χ1) is 21.7. The van der Waals surface area contributed by atoms with Crippen molar-refractivity contribution in [2.45, 2.75) is 39.0 Å². The molecule has 1 aliphatic heterocycles. The molecule has 3 aromatic rings. The van der Waals surface area contributed by atoms with Gasteiger partial charge in [0.1, 0.15) is 11.3 Å². The van der Waals surface area contributed by atoms with Gasteiger partial charge in [0.15, 0.2) is 0 Å². The van der Waals surface area contributed by atoms with Crippen molar-refractivity contribution >= 4 is 29.2 Å². The highest BCUT2D eigenvalue weighted by Gasteiger charge is 2.24. The number of ether oxygens (including phenoxy) is 3. The normalized spacial score (nSPS) is 15.5. The number of carbonyl (C=O) groups is 2. The summed E-state index contributed by atoms with van der Waals surface area (Å²) >= 11 is 6.16. The van der Waals surface area contributed by atoms with E-state index in [1.807, 2.05) is 55.5 Å². The van der Waals surface area contributed by atoms with E-state index in [-0.39, 0.29) is 18.4 Å². The van der Waals surface area contributed by atoms with Gasteiger partial charge < -0.3 is 24.8 Å². The number of aryl methyl sites for hydroxylation is 2. The Balaban J connectivity index is 1.27. The van der Waals surface area contributed by atoms with Gasteiger partial charge in [-0.1, -0.05) is 55.0 Å². The number of nitrogens with two attached hydrogens (primary N) is 1. The number of unbranched alkanes of at least 4 members (excludes halogenated alkanes) is 1. The Kier molecular flexibility index (Phi) is 12.5. The quantitative estimate of drug-likeness (QED) is 0.117. The van der Waals surface area contributed by atoms with Gasteiger partial charge in [-0.3, -0.25) is 9.48 Å². The van der Waals surface area contributed by atoms with Crippen LogP contribution in [0.5, 0.6) is 11.6 Å². The van der Waals surface area contributed by atoms with E-state index >= 15 is 0 Å². The summed E-state index contributed by atoms with van der Waals surface area (Å²) in [5, 5.41) is 4.85. The maximum absolute atomic E-state index is 12.4. The van der Waals surface area contributed by atoms with Crippen molar-refractivity contribution in [1.82, 2.24) is 9.78 Å². The number of hydrogen-bond donors (Lipinski definition) is 1. The van der Waals surface area contributed by atoms with E-state index in [4.69, 9.17) is 31.5 Å². The van der Waals surface area contributed by atoms with E-state index in [0.717, 1.165) is 61.7 Å². The van der Waals surface area contributed by atoms with E-state index in [1.54, 1.807) is 19.3 Å². The number of carbonyl (C=O) groups excluding carboxylic acids is 2. The van der Waals surface area contributed by atoms with Crippen LogP contribution in [-0.2, 0) is 18.2 Å². The van der Waals surface area contributed by atoms with Gasteiger partial charge in [0.2, 0.25) is 11.8 Å². The van der Waals surface area contributed by atoms with Gasteiger partial charge in [-0.15, -0.1) is 5.10 Å². The highest BCUT2D eigenvalue weighted by molar-refractivity contribution is 6.30. The Labute approximate surface area is 270 Å². The Morgan fingerprint density at radius 3 is 2.82 bits per heavy atom. The van der Waals surface area contributed by atoms with Crippen LogP contribution in [0.25, 0.3) is 0 Å². The number of rotatable bonds is 15. The van der Waals surface area contributed by atoms with Crippen LogP contribution < -0.4 is 20.1 Å². The van der Waals surface area contributed by atoms with Crippen LogP contribution in [0.2, 0.25) is 5.02 Å². The topological polar surface area (TPSA) is 109 Å². The van der Waals surface area contributed by atoms with Gasteiger partial charge >= 0.3 is 5.97 Å². The molecule has 4 rings (SSSR count). The molecule has 1 aliphatic rings. The molecule has 1 amide bonds. The minimum atomic E-state index is -0.456. The van der Waals surface area contributed by atoms with E-state index in [9.17, 15) is 9.59 Å². The average Bonchev–Trinajstić information content (AvgIpc) is 3.32. The number of fused-ring (bicyclic) bond motifs is 1. The van der Waals surface area contributed by atoms with E-state index < -0.39 is 11.9 Å². The highest BCUT2D eigenvalue weighted by atomic mass is 35.5. The molecule has 2 N–H and O–H groups in total. The van der Waals surface area contributed by atoms with Gasteiger partial charge in [0, 0.05) is 48.8 Å². The first-order valence-electron chi connectivity index (χ1n) is 15.4. The molecule has 1 aromatic heterocycles. The van der Waals surface area contributed by atoms with E-state index in [1.165, 1.54) is 17.4 Å². The molecule has 1 unspecified atom stereocenters. The second-order valence-electron chi connectivity index (χ2n) is 11.4. The number of nitrogens with zero attached hydrogens (tertiary/aromatic N) is 3. The zero-order chi connectivity index (χ0) is 32.2. The minimum absolute atomic E-state index is 0.0464. The lowest BCUT2D eigenvalue weighted by Gasteiger charge is -2.26. The van der Waals surface area contributed by atoms with Crippen LogP contribution in [0, 0.1) is 11.8 Å². The lowest BCUT2D eigenvalue weighted by molar-refractivity contribution is 0.0468. The van der Waals surface area contributed by atoms with Gasteiger partial charge in [-0.05, 0) is 68.0 Å². The zero-order valence-electron chi connectivity index (χ0n) is 26.3. The third-order valence-electron chi connectivity index (χ3n) is 7.68. The molecule has 0 fully saturated rings. The standard InChI is InChI=1S/C35H43ClN4O5/c1-25(23-45-35(42)30-22-39(2)38-34(30)43-3)11-7-5-4-6-8-18-40-21-27(14-9-12-26-13-10-15-29(36)19-26)24-44-32-17-16-28(33(37)41)20-31(32)40/h4-5,7,10-11,13,15-17,19-20,22,25,27H,6,8-9,12,14,18,21,23-24H2,1-3H3,(H2,37,41)/b5-4+,11-7-/t25-,27?/m0/s1. The van der Waals surface area contributed by atoms with E-state index in [0.29, 0.717) is 23.7 Å². The number of hydrogen-bond acceptors (Lipinski definition) is 7. The number of benzene rings is 2. The van der Waals surface area contributed by atoms with Gasteiger partial charge in [0.25, 0.3) is 0 Å². The number of amides is 1. The molecule has 2 atom stereocenters. The largest absolute Gasteiger partial charge is 0.491 e. The number of aromatic nitrogens is 2. The summed E-state index contributed by atoms with van der Waals surface area (Å²) in [7, 11) is 3.19. The molecule has 0 aliphatic carbocycles. The van der Waals surface area contributed by atoms with Gasteiger partial charge in [0.05, 0.1) is 26.0 Å². The predicted molar refractivity (Wildman–Crippen MR) is 177 cm³/mol. The second-order valence-corrected chi connectivity index (χ2v) is 11.9. The fraction of sp³-hybridized carbons (Fsp3) is 0.400. The number of primary amides is 1. The zero-order valence-corrected chi connectivity index (χ0v) is 27.0. The van der Waals surface area contributed by atoms with Crippen molar-refractivity contribution in [2.75, 3.05) is 38.3 Å². The first-order valence-corrected chi connectivity index (χ1v) is 15.8. The molecule has 9 nitrogen and oxygen atoms in total. The van der Waals surface area contributed by atoms with E-state index in [2.05, 4.69) is 22.1 Å². The van der Waals surface area contributed by atoms with Crippen LogP contribution in [0.1, 0.15) is 58.9 Å². The van der Waals surface area contributed by atoms with Gasteiger partial charge in [-0.2, -0.15) is 0 Å². The van der Waals surface area contributed by atoms with Crippen molar-refractivity contribution in [3.63, 3.8) is 0 Å². The molecule has 0 spiro atoms. The van der Waals surface area contributed by atoms with Crippen LogP contribution in [0.15, 0.2) is 73.0 Å². The smallest absolute Gasteiger partial charge is 0.345 e. The summed E-state index contributed by atoms with van der Waals surface area (Å²) < 4.78 is 18.3. The van der Waals surface area contributed by atoms with Crippen LogP contribution >= 0.6 is 11.6 Å². The lowest BCUT2D eigenvalue weighted by atomic mass is 9.99. The summed E-state index contributed by atoms with van der Waals surface area (Å²) in [6, 6.07) is 13.5. The number of methoxy groups -OCH3 is 1. The van der Waals surface area contributed by atoms with Crippen LogP contribution in [0.4, 0.5) is 5.69 Å². The molecule has 2 heterocycles. The number of allylic oxidation sites excluding steroid dienone is 3. The molecule has 0 radical (unpaired) electrons. The molecule has 10 heteroatoms. The SMILES string of the molecule is COc1nn(C)cc1C(=O)OC[C@@H](C)/C=C\C=C\CCCN1CC(CCCc2cccc(Cl)c2)COc2ccc(C(N)=O)cc21. The molecule has 240 valence electrons. The molecule has 45 heavy (non-hydrogen) atoms. The Hall–Kier alpha value is -4.24. The third kappa shape index (κ3) is 10.1. The summed E-state index contributed by atoms with van der Waals surface area (Å²) in [4.78, 5) is 26.6. The van der Waals surface area contributed by atoms with Crippen LogP contribution in [-0.4, -0.2) is 55.1 Å². The molecular weight excluding hydrogens is 592 g/mol. The predicted octanol–water partition coefficient (Wildman–Crippen LogP) is 6.40. The number of anilines is 1. The van der Waals surface area contributed by atoms with Crippen molar-refractivity contribution < 1.29 is 23.8 Å². The molecular formula is C35H43ClN4O5. The van der Waals surface area contributed by atoms with Crippen molar-refractivity contribution in [3.05, 3.63) is 94.7 Å². The molecule has 0 saturated carbocycles. The monoisotopic (exact) mass is 634 g/mol. The van der Waals surface area contributed by atoms with Crippen LogP contribution in [0.3, 0.4) is 0 Å². The van der Waals surface area contributed by atoms with Crippen molar-refractivity contribution in [2.24, 2.45) is 24.6 Å². The third-order valence-corrected chi connectivity index (χ3v) is 7.91. The Bertz CT molecular complexity index is 1500. The lowest BCUT2D eigenvalue weighted by Crippen LogP contribution is -2.31. The average molecular weight is 635 g/mol. The van der Waals surface area contributed by atoms with Crippen molar-refractivity contribution in [3.8, 4) is 11.6 Å². The number of halogens is 1. The fourth-order valence-electron chi connectivity index (χ4n) is 5.31. The summed E-state index contributed by atoms with van der Waals surface area (Å²) in [5.74, 6) is 0.528. The first kappa shape index (κ1) is 33.6. The Morgan fingerprint density at radius 2 is 2.04 bits per heavy atom. The number of esters is 1. The fourth-order valence-corrected chi connectivity index (χ4v) is 5.52. The van der Waals surface area contributed by atoms with Crippen molar-refractivity contribution in [1.29, 1.82) is 0 Å². The highest BCUT2D eigenvalue weighted by Crippen LogP contribution is 2.34.